The van der Waals surface area contributed by atoms with Gasteiger partial charge in [0.05, 0.1) is 5.92 Å². The minimum absolute atomic E-state index is 0.110. The summed E-state index contributed by atoms with van der Waals surface area (Å²) in [5.41, 5.74) is 9.86. The zero-order valence-electron chi connectivity index (χ0n) is 19.7. The van der Waals surface area contributed by atoms with Crippen LogP contribution in [-0.2, 0) is 0 Å². The molecule has 0 heterocycles. The van der Waals surface area contributed by atoms with E-state index < -0.39 is 8.07 Å². The summed E-state index contributed by atoms with van der Waals surface area (Å²) in [6, 6.07) is 24.2. The molecule has 3 aromatic rings. The highest BCUT2D eigenvalue weighted by Gasteiger charge is 2.41. The first-order valence-electron chi connectivity index (χ1n) is 11.3. The monoisotopic (exact) mass is 412 g/mol. The molecule has 0 nitrogen and oxygen atoms in total. The van der Waals surface area contributed by atoms with Crippen molar-refractivity contribution in [2.75, 3.05) is 0 Å². The van der Waals surface area contributed by atoms with Gasteiger partial charge in [0.15, 0.2) is 0 Å². The Balaban J connectivity index is 2.21. The minimum atomic E-state index is -1.79. The fraction of sp³-hybridized carbons (Fsp3) is 0.379. The molecule has 0 bridgehead atoms. The van der Waals surface area contributed by atoms with E-state index in [0.717, 1.165) is 0 Å². The zero-order valence-corrected chi connectivity index (χ0v) is 20.7. The maximum Gasteiger partial charge on any atom is 0.146 e. The van der Waals surface area contributed by atoms with Crippen molar-refractivity contribution in [3.8, 4) is 11.5 Å². The van der Waals surface area contributed by atoms with Crippen LogP contribution in [0.4, 0.5) is 0 Å². The van der Waals surface area contributed by atoms with Crippen molar-refractivity contribution < 1.29 is 0 Å². The van der Waals surface area contributed by atoms with E-state index in [1.807, 2.05) is 0 Å². The number of hydrogen-bond acceptors (Lipinski definition) is 0. The predicted molar refractivity (Wildman–Crippen MR) is 136 cm³/mol. The Hall–Kier alpha value is -2.30. The van der Waals surface area contributed by atoms with E-state index in [0.29, 0.717) is 16.6 Å². The first-order valence-corrected chi connectivity index (χ1v) is 13.6. The summed E-state index contributed by atoms with van der Waals surface area (Å²) in [6.45, 7) is 16.5. The molecule has 0 spiro atoms. The largest absolute Gasteiger partial charge is 0.146 e. The lowest BCUT2D eigenvalue weighted by Gasteiger charge is -2.38. The molecule has 0 aliphatic carbocycles. The van der Waals surface area contributed by atoms with Gasteiger partial charge in [-0.05, 0) is 57.1 Å². The first kappa shape index (κ1) is 22.4. The van der Waals surface area contributed by atoms with E-state index in [9.17, 15) is 0 Å². The second kappa shape index (κ2) is 9.23. The Morgan fingerprint density at radius 1 is 0.667 bits per heavy atom. The van der Waals surface area contributed by atoms with Crippen LogP contribution >= 0.6 is 0 Å². The summed E-state index contributed by atoms with van der Waals surface area (Å²) in [4.78, 5) is 0. The number of hydrogen-bond donors (Lipinski definition) is 0. The fourth-order valence-electron chi connectivity index (χ4n) is 5.27. The normalized spacial score (nSPS) is 13.0. The third kappa shape index (κ3) is 4.25. The summed E-state index contributed by atoms with van der Waals surface area (Å²) < 4.78 is 0. The van der Waals surface area contributed by atoms with Crippen LogP contribution in [0.15, 0.2) is 66.7 Å². The van der Waals surface area contributed by atoms with Gasteiger partial charge in [-0.25, -0.2) is 0 Å². The number of benzene rings is 3. The molecule has 1 atom stereocenters. The Morgan fingerprint density at radius 3 is 1.83 bits per heavy atom. The standard InChI is InChI=1S/C29H36Si/c1-21(2)30(22(3)4,23(5)6)19-18-29(28-15-11-8-12-24(28)7)27-17-16-25-13-9-10-14-26(25)20-27/h8-17,20-23,29H,1-7H3. The van der Waals surface area contributed by atoms with E-state index in [1.165, 1.54) is 27.5 Å². The lowest BCUT2D eigenvalue weighted by molar-refractivity contribution is 0.838. The topological polar surface area (TPSA) is 0 Å². The lowest BCUT2D eigenvalue weighted by atomic mass is 9.88. The van der Waals surface area contributed by atoms with Crippen LogP contribution in [0, 0.1) is 18.4 Å². The van der Waals surface area contributed by atoms with E-state index in [4.69, 9.17) is 0 Å². The molecule has 0 aliphatic heterocycles. The molecule has 1 unspecified atom stereocenters. The van der Waals surface area contributed by atoms with Gasteiger partial charge in [0.25, 0.3) is 0 Å². The average molecular weight is 413 g/mol. The summed E-state index contributed by atoms with van der Waals surface area (Å²) >= 11 is 0. The lowest BCUT2D eigenvalue weighted by Crippen LogP contribution is -2.43. The molecule has 1 heteroatoms. The summed E-state index contributed by atoms with van der Waals surface area (Å²) in [7, 11) is -1.79. The molecule has 30 heavy (non-hydrogen) atoms. The average Bonchev–Trinajstić information content (AvgIpc) is 2.71. The summed E-state index contributed by atoms with van der Waals surface area (Å²) in [5.74, 6) is 3.96. The number of fused-ring (bicyclic) bond motifs is 1. The second-order valence-electron chi connectivity index (χ2n) is 9.56. The zero-order chi connectivity index (χ0) is 21.9. The molecule has 0 aromatic heterocycles. The highest BCUT2D eigenvalue weighted by atomic mass is 28.3. The molecule has 0 aliphatic rings. The van der Waals surface area contributed by atoms with Crippen LogP contribution in [0.25, 0.3) is 10.8 Å². The maximum atomic E-state index is 3.99. The van der Waals surface area contributed by atoms with Crippen molar-refractivity contribution in [2.24, 2.45) is 0 Å². The quantitative estimate of drug-likeness (QED) is 0.291. The van der Waals surface area contributed by atoms with Crippen LogP contribution in [0.3, 0.4) is 0 Å². The Labute approximate surface area is 184 Å². The van der Waals surface area contributed by atoms with Gasteiger partial charge in [-0.1, -0.05) is 108 Å². The van der Waals surface area contributed by atoms with Crippen LogP contribution in [0.2, 0.25) is 16.6 Å². The molecular formula is C29H36Si. The molecule has 0 amide bonds. The molecule has 0 fully saturated rings. The van der Waals surface area contributed by atoms with Crippen LogP contribution in [0.1, 0.15) is 64.2 Å². The van der Waals surface area contributed by atoms with Crippen LogP contribution in [0.5, 0.6) is 0 Å². The van der Waals surface area contributed by atoms with Gasteiger partial charge in [0, 0.05) is 0 Å². The minimum Gasteiger partial charge on any atom is -0.129 e. The third-order valence-corrected chi connectivity index (χ3v) is 13.2. The van der Waals surface area contributed by atoms with Gasteiger partial charge in [-0.2, -0.15) is 0 Å². The smallest absolute Gasteiger partial charge is 0.129 e. The predicted octanol–water partition coefficient (Wildman–Crippen LogP) is 8.50. The Morgan fingerprint density at radius 2 is 1.23 bits per heavy atom. The van der Waals surface area contributed by atoms with Crippen molar-refractivity contribution in [2.45, 2.75) is 71.0 Å². The van der Waals surface area contributed by atoms with Gasteiger partial charge in [-0.15, -0.1) is 5.54 Å². The van der Waals surface area contributed by atoms with Crippen molar-refractivity contribution >= 4 is 18.8 Å². The van der Waals surface area contributed by atoms with Crippen molar-refractivity contribution in [1.29, 1.82) is 0 Å². The van der Waals surface area contributed by atoms with Gasteiger partial charge in [0.1, 0.15) is 8.07 Å². The van der Waals surface area contributed by atoms with Crippen molar-refractivity contribution in [3.05, 3.63) is 83.4 Å². The molecule has 0 radical (unpaired) electrons. The number of rotatable bonds is 5. The highest BCUT2D eigenvalue weighted by molar-refractivity contribution is 6.90. The van der Waals surface area contributed by atoms with Crippen molar-refractivity contribution in [3.63, 3.8) is 0 Å². The van der Waals surface area contributed by atoms with E-state index >= 15 is 0 Å². The van der Waals surface area contributed by atoms with E-state index in [-0.39, 0.29) is 5.92 Å². The van der Waals surface area contributed by atoms with Gasteiger partial charge >= 0.3 is 0 Å². The molecule has 3 aromatic carbocycles. The molecule has 3 rings (SSSR count). The molecular weight excluding hydrogens is 376 g/mol. The fourth-order valence-corrected chi connectivity index (χ4v) is 10.5. The van der Waals surface area contributed by atoms with Gasteiger partial charge < -0.3 is 0 Å². The summed E-state index contributed by atoms with van der Waals surface area (Å²) in [6.07, 6.45) is 0. The van der Waals surface area contributed by atoms with E-state index in [2.05, 4.69) is 127 Å². The van der Waals surface area contributed by atoms with Crippen LogP contribution < -0.4 is 0 Å². The molecule has 156 valence electrons. The molecule has 0 N–H and O–H groups in total. The second-order valence-corrected chi connectivity index (χ2v) is 15.1. The highest BCUT2D eigenvalue weighted by Crippen LogP contribution is 2.41. The maximum absolute atomic E-state index is 3.99. The van der Waals surface area contributed by atoms with Crippen molar-refractivity contribution in [1.82, 2.24) is 0 Å². The first-order chi connectivity index (χ1) is 14.3. The van der Waals surface area contributed by atoms with Gasteiger partial charge in [-0.3, -0.25) is 0 Å². The Kier molecular flexibility index (Phi) is 6.89. The molecule has 0 saturated heterocycles. The molecule has 0 saturated carbocycles. The Bertz CT molecular complexity index is 1040. The van der Waals surface area contributed by atoms with E-state index in [1.54, 1.807) is 0 Å². The van der Waals surface area contributed by atoms with Crippen LogP contribution in [-0.4, -0.2) is 8.07 Å². The number of aryl methyl sites for hydroxylation is 1. The summed E-state index contributed by atoms with van der Waals surface area (Å²) in [5, 5.41) is 2.57. The SMILES string of the molecule is Cc1ccccc1C(C#C[Si](C(C)C)(C(C)C)C(C)C)c1ccc2ccccc2c1. The van der Waals surface area contributed by atoms with Gasteiger partial charge in [0.2, 0.25) is 0 Å². The third-order valence-electron chi connectivity index (χ3n) is 6.91.